The Morgan fingerprint density at radius 1 is 1.16 bits per heavy atom. The van der Waals surface area contributed by atoms with Crippen LogP contribution in [-0.2, 0) is 7.05 Å². The van der Waals surface area contributed by atoms with E-state index < -0.39 is 0 Å². The molecular formula is C14H18N4S. The highest BCUT2D eigenvalue weighted by molar-refractivity contribution is 7.80. The molecule has 19 heavy (non-hydrogen) atoms. The van der Waals surface area contributed by atoms with E-state index in [1.165, 1.54) is 0 Å². The fourth-order valence-corrected chi connectivity index (χ4v) is 2.15. The van der Waals surface area contributed by atoms with Crippen LogP contribution in [0.15, 0.2) is 24.3 Å². The molecule has 0 spiro atoms. The molecule has 1 aromatic heterocycles. The number of nitrogens with zero attached hydrogens (tertiary/aromatic N) is 2. The number of anilines is 2. The van der Waals surface area contributed by atoms with E-state index in [1.54, 1.807) is 0 Å². The molecule has 0 fully saturated rings. The summed E-state index contributed by atoms with van der Waals surface area (Å²) in [6.07, 6.45) is 0. The van der Waals surface area contributed by atoms with Gasteiger partial charge in [0.2, 0.25) is 0 Å². The van der Waals surface area contributed by atoms with E-state index in [9.17, 15) is 0 Å². The van der Waals surface area contributed by atoms with Crippen molar-refractivity contribution in [3.05, 3.63) is 41.2 Å². The Bertz CT molecular complexity index is 616. The molecule has 0 aliphatic rings. The largest absolute Gasteiger partial charge is 0.332 e. The average Bonchev–Trinajstić information content (AvgIpc) is 2.59. The number of hydrogen-bond acceptors (Lipinski definition) is 2. The number of thiocarbonyl (C=S) groups is 1. The molecule has 2 rings (SSSR count). The Balaban J connectivity index is 2.12. The number of para-hydroxylation sites is 1. The van der Waals surface area contributed by atoms with Crippen molar-refractivity contribution in [3.8, 4) is 0 Å². The lowest BCUT2D eigenvalue weighted by Crippen LogP contribution is -2.20. The van der Waals surface area contributed by atoms with Crippen molar-refractivity contribution in [3.63, 3.8) is 0 Å². The molecule has 1 aromatic carbocycles. The summed E-state index contributed by atoms with van der Waals surface area (Å²) in [5, 5.41) is 11.4. The van der Waals surface area contributed by atoms with Gasteiger partial charge in [0, 0.05) is 12.7 Å². The third-order valence-electron chi connectivity index (χ3n) is 3.14. The summed E-state index contributed by atoms with van der Waals surface area (Å²) in [6, 6.07) is 8.04. The minimum atomic E-state index is 0.577. The Morgan fingerprint density at radius 2 is 1.84 bits per heavy atom. The molecule has 2 N–H and O–H groups in total. The van der Waals surface area contributed by atoms with Crippen LogP contribution in [0.3, 0.4) is 0 Å². The molecule has 100 valence electrons. The van der Waals surface area contributed by atoms with Gasteiger partial charge in [-0.3, -0.25) is 4.68 Å². The summed E-state index contributed by atoms with van der Waals surface area (Å²) < 4.78 is 1.84. The highest BCUT2D eigenvalue weighted by Gasteiger charge is 2.10. The summed E-state index contributed by atoms with van der Waals surface area (Å²) in [5.74, 6) is 0. The van der Waals surface area contributed by atoms with E-state index in [0.717, 1.165) is 28.3 Å². The fourth-order valence-electron chi connectivity index (χ4n) is 1.93. The van der Waals surface area contributed by atoms with Crippen molar-refractivity contribution in [2.24, 2.45) is 7.05 Å². The topological polar surface area (TPSA) is 41.9 Å². The fraction of sp³-hybridized carbons (Fsp3) is 0.286. The molecule has 0 saturated carbocycles. The van der Waals surface area contributed by atoms with Gasteiger partial charge in [0.15, 0.2) is 5.11 Å². The maximum Gasteiger partial charge on any atom is 0.175 e. The minimum absolute atomic E-state index is 0.577. The predicted molar refractivity (Wildman–Crippen MR) is 83.7 cm³/mol. The number of benzene rings is 1. The third kappa shape index (κ3) is 2.93. The highest BCUT2D eigenvalue weighted by atomic mass is 32.1. The monoisotopic (exact) mass is 274 g/mol. The van der Waals surface area contributed by atoms with Crippen LogP contribution in [0.4, 0.5) is 11.4 Å². The van der Waals surface area contributed by atoms with Gasteiger partial charge in [-0.25, -0.2) is 0 Å². The van der Waals surface area contributed by atoms with E-state index in [0.29, 0.717) is 5.11 Å². The maximum absolute atomic E-state index is 5.35. The first-order chi connectivity index (χ1) is 8.99. The molecule has 0 aliphatic heterocycles. The summed E-state index contributed by atoms with van der Waals surface area (Å²) in [4.78, 5) is 0. The van der Waals surface area contributed by atoms with E-state index in [1.807, 2.05) is 56.8 Å². The van der Waals surface area contributed by atoms with Crippen molar-refractivity contribution in [2.75, 3.05) is 10.6 Å². The van der Waals surface area contributed by atoms with E-state index >= 15 is 0 Å². The molecule has 1 heterocycles. The second kappa shape index (κ2) is 5.40. The second-order valence-electron chi connectivity index (χ2n) is 4.56. The van der Waals surface area contributed by atoms with Crippen LogP contribution in [0.2, 0.25) is 0 Å². The van der Waals surface area contributed by atoms with Crippen molar-refractivity contribution < 1.29 is 0 Å². The first-order valence-electron chi connectivity index (χ1n) is 6.13. The predicted octanol–water partition coefficient (Wildman–Crippen LogP) is 3.15. The van der Waals surface area contributed by atoms with Crippen LogP contribution in [0.5, 0.6) is 0 Å². The molecule has 0 aliphatic carbocycles. The third-order valence-corrected chi connectivity index (χ3v) is 3.34. The van der Waals surface area contributed by atoms with E-state index in [4.69, 9.17) is 12.2 Å². The number of rotatable bonds is 2. The van der Waals surface area contributed by atoms with Crippen LogP contribution in [0.25, 0.3) is 0 Å². The van der Waals surface area contributed by atoms with Gasteiger partial charge >= 0.3 is 0 Å². The Morgan fingerprint density at radius 3 is 2.42 bits per heavy atom. The lowest BCUT2D eigenvalue weighted by Gasteiger charge is -2.12. The standard InChI is InChI=1S/C14H18N4S/c1-9-7-5-6-8-12(9)15-14(19)16-13-10(2)17-18(4)11(13)3/h5-8H,1-4H3,(H2,15,16,19). The van der Waals surface area contributed by atoms with Gasteiger partial charge < -0.3 is 10.6 Å². The summed E-state index contributed by atoms with van der Waals surface area (Å²) in [6.45, 7) is 6.02. The lowest BCUT2D eigenvalue weighted by atomic mass is 10.2. The van der Waals surface area contributed by atoms with Gasteiger partial charge in [0.05, 0.1) is 17.1 Å². The van der Waals surface area contributed by atoms with E-state index in [-0.39, 0.29) is 0 Å². The average molecular weight is 274 g/mol. The van der Waals surface area contributed by atoms with Crippen molar-refractivity contribution in [1.82, 2.24) is 9.78 Å². The summed E-state index contributed by atoms with van der Waals surface area (Å²) in [5.41, 5.74) is 5.14. The zero-order chi connectivity index (χ0) is 14.0. The van der Waals surface area contributed by atoms with Crippen molar-refractivity contribution in [1.29, 1.82) is 0 Å². The van der Waals surface area contributed by atoms with Crippen LogP contribution in [0.1, 0.15) is 17.0 Å². The van der Waals surface area contributed by atoms with Crippen molar-refractivity contribution in [2.45, 2.75) is 20.8 Å². The number of hydrogen-bond donors (Lipinski definition) is 2. The van der Waals surface area contributed by atoms with Gasteiger partial charge in [0.1, 0.15) is 0 Å². The van der Waals surface area contributed by atoms with Crippen LogP contribution in [-0.4, -0.2) is 14.9 Å². The van der Waals surface area contributed by atoms with Gasteiger partial charge in [-0.2, -0.15) is 5.10 Å². The van der Waals surface area contributed by atoms with Crippen LogP contribution >= 0.6 is 12.2 Å². The Labute approximate surface area is 118 Å². The molecule has 5 heteroatoms. The SMILES string of the molecule is Cc1ccccc1NC(=S)Nc1c(C)nn(C)c1C. The lowest BCUT2D eigenvalue weighted by molar-refractivity contribution is 0.731. The Hall–Kier alpha value is -1.88. The number of aromatic nitrogens is 2. The molecule has 0 amide bonds. The molecule has 0 radical (unpaired) electrons. The van der Waals surface area contributed by atoms with Gasteiger partial charge in [-0.1, -0.05) is 18.2 Å². The first-order valence-corrected chi connectivity index (χ1v) is 6.53. The zero-order valence-corrected chi connectivity index (χ0v) is 12.4. The van der Waals surface area contributed by atoms with E-state index in [2.05, 4.69) is 15.7 Å². The normalized spacial score (nSPS) is 10.3. The van der Waals surface area contributed by atoms with Crippen molar-refractivity contribution >= 4 is 28.7 Å². The van der Waals surface area contributed by atoms with Gasteiger partial charge in [-0.15, -0.1) is 0 Å². The quantitative estimate of drug-likeness (QED) is 0.826. The maximum atomic E-state index is 5.35. The first kappa shape index (κ1) is 13.5. The second-order valence-corrected chi connectivity index (χ2v) is 4.97. The number of aryl methyl sites for hydroxylation is 3. The molecule has 4 nitrogen and oxygen atoms in total. The Kier molecular flexibility index (Phi) is 3.85. The van der Waals surface area contributed by atoms with Crippen LogP contribution < -0.4 is 10.6 Å². The number of nitrogens with one attached hydrogen (secondary N) is 2. The summed E-state index contributed by atoms with van der Waals surface area (Å²) in [7, 11) is 1.92. The molecule has 0 atom stereocenters. The van der Waals surface area contributed by atoms with Crippen LogP contribution in [0, 0.1) is 20.8 Å². The molecule has 0 saturated heterocycles. The molecule has 0 unspecified atom stereocenters. The molecule has 2 aromatic rings. The minimum Gasteiger partial charge on any atom is -0.332 e. The van der Waals surface area contributed by atoms with Gasteiger partial charge in [0.25, 0.3) is 0 Å². The van der Waals surface area contributed by atoms with Gasteiger partial charge in [-0.05, 0) is 44.6 Å². The zero-order valence-electron chi connectivity index (χ0n) is 11.6. The molecular weight excluding hydrogens is 256 g/mol. The highest BCUT2D eigenvalue weighted by Crippen LogP contribution is 2.19. The summed E-state index contributed by atoms with van der Waals surface area (Å²) >= 11 is 5.35. The molecule has 0 bridgehead atoms. The smallest absolute Gasteiger partial charge is 0.175 e.